The number of benzene rings is 1. The molecule has 0 saturated carbocycles. The Balaban J connectivity index is 1.89. The lowest BCUT2D eigenvalue weighted by Gasteiger charge is -2.25. The molecule has 4 heteroatoms. The first-order valence-electron chi connectivity index (χ1n) is 6.49. The summed E-state index contributed by atoms with van der Waals surface area (Å²) < 4.78 is 10.6. The Labute approximate surface area is 107 Å². The van der Waals surface area contributed by atoms with E-state index in [-0.39, 0.29) is 6.09 Å². The van der Waals surface area contributed by atoms with Gasteiger partial charge in [0, 0.05) is 13.1 Å². The van der Waals surface area contributed by atoms with Gasteiger partial charge in [0.05, 0.1) is 6.61 Å². The maximum Gasteiger partial charge on any atom is 0.415 e. The molecule has 0 radical (unpaired) electrons. The molecule has 1 aliphatic rings. The van der Waals surface area contributed by atoms with Crippen LogP contribution in [0.15, 0.2) is 24.3 Å². The van der Waals surface area contributed by atoms with Crippen LogP contribution in [-0.4, -0.2) is 30.7 Å². The number of nitrogens with zero attached hydrogens (tertiary/aromatic N) is 1. The summed E-state index contributed by atoms with van der Waals surface area (Å²) in [7, 11) is 0. The molecule has 1 aromatic rings. The molecule has 0 bridgehead atoms. The van der Waals surface area contributed by atoms with Crippen molar-refractivity contribution in [3.05, 3.63) is 24.3 Å². The quantitative estimate of drug-likeness (QED) is 0.826. The molecule has 0 atom stereocenters. The molecule has 1 aromatic carbocycles. The normalized spacial score (nSPS) is 15.3. The molecule has 1 heterocycles. The number of hydrogen-bond donors (Lipinski definition) is 0. The topological polar surface area (TPSA) is 38.8 Å². The SMILES string of the molecule is CCOc1ccc(OC(=O)N2CCCCC2)cc1. The summed E-state index contributed by atoms with van der Waals surface area (Å²) in [5.74, 6) is 1.35. The lowest BCUT2D eigenvalue weighted by atomic mass is 10.1. The Morgan fingerprint density at radius 2 is 1.72 bits per heavy atom. The van der Waals surface area contributed by atoms with Gasteiger partial charge >= 0.3 is 6.09 Å². The molecular weight excluding hydrogens is 230 g/mol. The van der Waals surface area contributed by atoms with E-state index in [1.807, 2.05) is 19.1 Å². The molecule has 1 saturated heterocycles. The fraction of sp³-hybridized carbons (Fsp3) is 0.500. The van der Waals surface area contributed by atoms with Crippen LogP contribution in [0.1, 0.15) is 26.2 Å². The average Bonchev–Trinajstić information content (AvgIpc) is 2.42. The molecule has 1 aliphatic heterocycles. The third-order valence-electron chi connectivity index (χ3n) is 2.95. The Hall–Kier alpha value is -1.71. The summed E-state index contributed by atoms with van der Waals surface area (Å²) in [6.07, 6.45) is 3.09. The van der Waals surface area contributed by atoms with Crippen molar-refractivity contribution >= 4 is 6.09 Å². The first-order valence-corrected chi connectivity index (χ1v) is 6.49. The van der Waals surface area contributed by atoms with Gasteiger partial charge in [-0.2, -0.15) is 0 Å². The van der Waals surface area contributed by atoms with Crippen LogP contribution < -0.4 is 9.47 Å². The smallest absolute Gasteiger partial charge is 0.415 e. The summed E-state index contributed by atoms with van der Waals surface area (Å²) in [5.41, 5.74) is 0. The van der Waals surface area contributed by atoms with Crippen molar-refractivity contribution < 1.29 is 14.3 Å². The largest absolute Gasteiger partial charge is 0.494 e. The van der Waals surface area contributed by atoms with Gasteiger partial charge in [-0.3, -0.25) is 0 Å². The maximum absolute atomic E-state index is 11.9. The second kappa shape index (κ2) is 6.28. The Kier molecular flexibility index (Phi) is 4.45. The Morgan fingerprint density at radius 1 is 1.11 bits per heavy atom. The van der Waals surface area contributed by atoms with E-state index >= 15 is 0 Å². The van der Waals surface area contributed by atoms with Gasteiger partial charge in [-0.25, -0.2) is 4.79 Å². The summed E-state index contributed by atoms with van der Waals surface area (Å²) in [5, 5.41) is 0. The second-order valence-electron chi connectivity index (χ2n) is 4.32. The standard InChI is InChI=1S/C14H19NO3/c1-2-17-12-6-8-13(9-7-12)18-14(16)15-10-4-3-5-11-15/h6-9H,2-5,10-11H2,1H3. The molecule has 2 rings (SSSR count). The van der Waals surface area contributed by atoms with Gasteiger partial charge in [0.2, 0.25) is 0 Å². The fourth-order valence-electron chi connectivity index (χ4n) is 2.01. The predicted octanol–water partition coefficient (Wildman–Crippen LogP) is 3.07. The third kappa shape index (κ3) is 3.39. The van der Waals surface area contributed by atoms with Crippen LogP contribution in [0.5, 0.6) is 11.5 Å². The predicted molar refractivity (Wildman–Crippen MR) is 69.1 cm³/mol. The third-order valence-corrected chi connectivity index (χ3v) is 2.95. The van der Waals surface area contributed by atoms with Gasteiger partial charge < -0.3 is 14.4 Å². The van der Waals surface area contributed by atoms with Crippen LogP contribution in [0.2, 0.25) is 0 Å². The van der Waals surface area contributed by atoms with Crippen molar-refractivity contribution in [1.29, 1.82) is 0 Å². The van der Waals surface area contributed by atoms with E-state index < -0.39 is 0 Å². The monoisotopic (exact) mass is 249 g/mol. The lowest BCUT2D eigenvalue weighted by Crippen LogP contribution is -2.37. The number of likely N-dealkylation sites (tertiary alicyclic amines) is 1. The zero-order valence-corrected chi connectivity index (χ0v) is 10.7. The molecule has 0 aromatic heterocycles. The minimum absolute atomic E-state index is 0.251. The number of rotatable bonds is 3. The number of carbonyl (C=O) groups excluding carboxylic acids is 1. The minimum Gasteiger partial charge on any atom is -0.494 e. The van der Waals surface area contributed by atoms with E-state index in [0.29, 0.717) is 12.4 Å². The maximum atomic E-state index is 11.9. The van der Waals surface area contributed by atoms with E-state index in [0.717, 1.165) is 31.7 Å². The summed E-state index contributed by atoms with van der Waals surface area (Å²) >= 11 is 0. The van der Waals surface area contributed by atoms with Crippen molar-refractivity contribution in [3.8, 4) is 11.5 Å². The van der Waals surface area contributed by atoms with E-state index in [4.69, 9.17) is 9.47 Å². The zero-order valence-electron chi connectivity index (χ0n) is 10.7. The van der Waals surface area contributed by atoms with E-state index in [1.54, 1.807) is 17.0 Å². The van der Waals surface area contributed by atoms with Crippen LogP contribution in [0.4, 0.5) is 4.79 Å². The first kappa shape index (κ1) is 12.7. The molecular formula is C14H19NO3. The number of piperidine rings is 1. The van der Waals surface area contributed by atoms with Crippen LogP contribution in [0.25, 0.3) is 0 Å². The zero-order chi connectivity index (χ0) is 12.8. The highest BCUT2D eigenvalue weighted by Crippen LogP contribution is 2.19. The van der Waals surface area contributed by atoms with Crippen molar-refractivity contribution in [2.24, 2.45) is 0 Å². The van der Waals surface area contributed by atoms with Crippen molar-refractivity contribution in [1.82, 2.24) is 4.90 Å². The van der Waals surface area contributed by atoms with Gasteiger partial charge in [0.15, 0.2) is 0 Å². The van der Waals surface area contributed by atoms with Gasteiger partial charge in [0.25, 0.3) is 0 Å². The van der Waals surface area contributed by atoms with Gasteiger partial charge in [0.1, 0.15) is 11.5 Å². The molecule has 4 nitrogen and oxygen atoms in total. The van der Waals surface area contributed by atoms with E-state index in [1.165, 1.54) is 6.42 Å². The molecule has 1 fully saturated rings. The molecule has 0 aliphatic carbocycles. The minimum atomic E-state index is -0.251. The molecule has 0 N–H and O–H groups in total. The van der Waals surface area contributed by atoms with E-state index in [2.05, 4.69) is 0 Å². The fourth-order valence-corrected chi connectivity index (χ4v) is 2.01. The first-order chi connectivity index (χ1) is 8.79. The molecule has 0 unspecified atom stereocenters. The highest BCUT2D eigenvalue weighted by molar-refractivity contribution is 5.70. The van der Waals surface area contributed by atoms with Crippen LogP contribution in [0, 0.1) is 0 Å². The molecule has 18 heavy (non-hydrogen) atoms. The van der Waals surface area contributed by atoms with Crippen molar-refractivity contribution in [3.63, 3.8) is 0 Å². The number of ether oxygens (including phenoxy) is 2. The highest BCUT2D eigenvalue weighted by atomic mass is 16.6. The Morgan fingerprint density at radius 3 is 2.33 bits per heavy atom. The second-order valence-corrected chi connectivity index (χ2v) is 4.32. The van der Waals surface area contributed by atoms with Crippen molar-refractivity contribution in [2.75, 3.05) is 19.7 Å². The van der Waals surface area contributed by atoms with Crippen LogP contribution >= 0.6 is 0 Å². The van der Waals surface area contributed by atoms with Gasteiger partial charge in [-0.15, -0.1) is 0 Å². The van der Waals surface area contributed by atoms with Crippen LogP contribution in [0.3, 0.4) is 0 Å². The van der Waals surface area contributed by atoms with E-state index in [9.17, 15) is 4.79 Å². The molecule has 98 valence electrons. The number of amides is 1. The van der Waals surface area contributed by atoms with Gasteiger partial charge in [-0.05, 0) is 50.5 Å². The highest BCUT2D eigenvalue weighted by Gasteiger charge is 2.18. The lowest BCUT2D eigenvalue weighted by molar-refractivity contribution is 0.142. The van der Waals surface area contributed by atoms with Gasteiger partial charge in [-0.1, -0.05) is 0 Å². The Bertz CT molecular complexity index is 383. The average molecular weight is 249 g/mol. The molecule has 0 spiro atoms. The number of carbonyl (C=O) groups is 1. The number of hydrogen-bond acceptors (Lipinski definition) is 3. The summed E-state index contributed by atoms with van der Waals surface area (Å²) in [4.78, 5) is 13.6. The van der Waals surface area contributed by atoms with Crippen molar-refractivity contribution in [2.45, 2.75) is 26.2 Å². The molecule has 1 amide bonds. The summed E-state index contributed by atoms with van der Waals surface area (Å²) in [6, 6.07) is 7.13. The summed E-state index contributed by atoms with van der Waals surface area (Å²) in [6.45, 7) is 4.17. The van der Waals surface area contributed by atoms with Crippen LogP contribution in [-0.2, 0) is 0 Å².